The number of hydrogen-bond donors (Lipinski definition) is 3. The van der Waals surface area contributed by atoms with E-state index in [1.54, 1.807) is 18.2 Å². The van der Waals surface area contributed by atoms with Gasteiger partial charge in [0.2, 0.25) is 0 Å². The molecular weight excluding hydrogens is 368 g/mol. The summed E-state index contributed by atoms with van der Waals surface area (Å²) in [5.74, 6) is 0.232. The van der Waals surface area contributed by atoms with Crippen LogP contribution in [0, 0.1) is 0 Å². The molecule has 0 bridgehead atoms. The highest BCUT2D eigenvalue weighted by atomic mass is 79.9. The predicted octanol–water partition coefficient (Wildman–Crippen LogP) is 4.97. The van der Waals surface area contributed by atoms with E-state index in [1.807, 2.05) is 19.1 Å². The third-order valence-electron chi connectivity index (χ3n) is 3.83. The van der Waals surface area contributed by atoms with Gasteiger partial charge in [-0.25, -0.2) is 0 Å². The third-order valence-corrected chi connectivity index (χ3v) is 4.33. The number of halogens is 1. The van der Waals surface area contributed by atoms with Crippen LogP contribution in [0.5, 0.6) is 5.75 Å². The van der Waals surface area contributed by atoms with Gasteiger partial charge in [-0.1, -0.05) is 53.6 Å². The first-order chi connectivity index (χ1) is 11.4. The molecule has 1 aromatic rings. The molecule has 0 aliphatic rings. The first-order valence-corrected chi connectivity index (χ1v) is 9.01. The molecule has 3 N–H and O–H groups in total. The van der Waals surface area contributed by atoms with E-state index in [9.17, 15) is 10.2 Å². The van der Waals surface area contributed by atoms with Gasteiger partial charge < -0.3 is 15.3 Å². The van der Waals surface area contributed by atoms with E-state index in [0.29, 0.717) is 12.8 Å². The Bertz CT molecular complexity index is 617. The summed E-state index contributed by atoms with van der Waals surface area (Å²) in [5, 5.41) is 29.5. The average Bonchev–Trinajstić information content (AvgIpc) is 2.54. The number of phenolic OH excluding ortho intramolecular Hbond substituents is 1. The molecule has 1 rings (SSSR count). The number of phenols is 1. The Morgan fingerprint density at radius 2 is 2.04 bits per heavy atom. The molecule has 0 radical (unpaired) electrons. The van der Waals surface area contributed by atoms with Gasteiger partial charge in [-0.05, 0) is 55.5 Å². The number of hydrogen-bond acceptors (Lipinski definition) is 3. The molecule has 0 aliphatic heterocycles. The quantitative estimate of drug-likeness (QED) is 0.517. The lowest BCUT2D eigenvalue weighted by molar-refractivity contribution is 0.200. The maximum absolute atomic E-state index is 10.4. The Hall–Kier alpha value is -1.36. The highest BCUT2D eigenvalue weighted by molar-refractivity contribution is 9.10. The molecule has 0 aromatic heterocycles. The monoisotopic (exact) mass is 394 g/mol. The summed E-state index contributed by atoms with van der Waals surface area (Å²) in [5.41, 5.74) is 3.42. The zero-order valence-electron chi connectivity index (χ0n) is 14.4. The van der Waals surface area contributed by atoms with Crippen molar-refractivity contribution in [3.05, 3.63) is 57.6 Å². The van der Waals surface area contributed by atoms with E-state index >= 15 is 0 Å². The zero-order chi connectivity index (χ0) is 18.1. The van der Waals surface area contributed by atoms with Crippen LogP contribution in [0.3, 0.4) is 0 Å². The van der Waals surface area contributed by atoms with Crippen molar-refractivity contribution in [3.63, 3.8) is 0 Å². The van der Waals surface area contributed by atoms with E-state index in [2.05, 4.69) is 29.4 Å². The van der Waals surface area contributed by atoms with Crippen LogP contribution in [0.15, 0.2) is 52.0 Å². The van der Waals surface area contributed by atoms with Crippen molar-refractivity contribution >= 4 is 22.0 Å². The Balaban J connectivity index is 2.75. The second-order valence-electron chi connectivity index (χ2n) is 5.94. The van der Waals surface area contributed by atoms with Gasteiger partial charge in [-0.3, -0.25) is 0 Å². The lowest BCUT2D eigenvalue weighted by atomic mass is 9.93. The first-order valence-electron chi connectivity index (χ1n) is 8.21. The fraction of sp³-hybridized carbons (Fsp3) is 0.400. The molecule has 3 nitrogen and oxygen atoms in total. The van der Waals surface area contributed by atoms with Gasteiger partial charge in [0.25, 0.3) is 0 Å². The van der Waals surface area contributed by atoms with Crippen LogP contribution in [0.4, 0.5) is 0 Å². The second-order valence-corrected chi connectivity index (χ2v) is 6.86. The molecule has 0 saturated carbocycles. The fourth-order valence-corrected chi connectivity index (χ4v) is 2.94. The molecule has 1 atom stereocenters. The number of aliphatic hydroxyl groups is 2. The Morgan fingerprint density at radius 1 is 1.33 bits per heavy atom. The average molecular weight is 395 g/mol. The summed E-state index contributed by atoms with van der Waals surface area (Å²) >= 11 is 3.39. The van der Waals surface area contributed by atoms with Crippen molar-refractivity contribution in [1.82, 2.24) is 0 Å². The van der Waals surface area contributed by atoms with E-state index in [1.165, 1.54) is 0 Å². The van der Waals surface area contributed by atoms with Gasteiger partial charge in [0.15, 0.2) is 0 Å². The van der Waals surface area contributed by atoms with Crippen LogP contribution < -0.4 is 0 Å². The molecule has 1 aromatic carbocycles. The summed E-state index contributed by atoms with van der Waals surface area (Å²) in [6, 6.07) is 5.29. The van der Waals surface area contributed by atoms with Crippen LogP contribution in [-0.4, -0.2) is 28.0 Å². The van der Waals surface area contributed by atoms with Crippen molar-refractivity contribution < 1.29 is 15.3 Å². The van der Waals surface area contributed by atoms with Crippen molar-refractivity contribution in [2.24, 2.45) is 0 Å². The number of rotatable bonds is 9. The van der Waals surface area contributed by atoms with Crippen LogP contribution in [0.25, 0.3) is 6.08 Å². The largest absolute Gasteiger partial charge is 0.507 e. The van der Waals surface area contributed by atoms with Crippen LogP contribution in [0.2, 0.25) is 0 Å². The van der Waals surface area contributed by atoms with Gasteiger partial charge in [0.05, 0.1) is 12.7 Å². The molecule has 0 aliphatic carbocycles. The Kier molecular flexibility index (Phi) is 9.04. The minimum atomic E-state index is -0.643. The lowest BCUT2D eigenvalue weighted by Gasteiger charge is -2.17. The minimum Gasteiger partial charge on any atom is -0.507 e. The van der Waals surface area contributed by atoms with Crippen molar-refractivity contribution in [3.8, 4) is 5.75 Å². The number of aliphatic hydroxyl groups excluding tert-OH is 2. The molecule has 1 unspecified atom stereocenters. The van der Waals surface area contributed by atoms with Crippen molar-refractivity contribution in [1.29, 1.82) is 0 Å². The van der Waals surface area contributed by atoms with Gasteiger partial charge in [0, 0.05) is 10.0 Å². The van der Waals surface area contributed by atoms with Crippen LogP contribution >= 0.6 is 15.9 Å². The van der Waals surface area contributed by atoms with E-state index in [4.69, 9.17) is 5.11 Å². The Morgan fingerprint density at radius 3 is 2.67 bits per heavy atom. The third kappa shape index (κ3) is 6.63. The normalized spacial score (nSPS) is 13.9. The zero-order valence-corrected chi connectivity index (χ0v) is 16.0. The van der Waals surface area contributed by atoms with E-state index in [0.717, 1.165) is 39.6 Å². The molecule has 132 valence electrons. The van der Waals surface area contributed by atoms with Gasteiger partial charge in [-0.15, -0.1) is 0 Å². The summed E-state index contributed by atoms with van der Waals surface area (Å²) in [6.07, 6.45) is 5.92. The van der Waals surface area contributed by atoms with Gasteiger partial charge in [-0.2, -0.15) is 0 Å². The summed E-state index contributed by atoms with van der Waals surface area (Å²) in [6.45, 7) is 7.94. The standard InChI is InChI=1S/C20H27BrO3/c1-4-5-15(3)18(10-11-22)20(24)8-6-14(2)12-16-13-17(21)7-9-19(16)23/h7,9-10,12-13,20,22-24H,3-6,8,11H2,1-2H3/b14-12+,18-10-. The smallest absolute Gasteiger partial charge is 0.122 e. The maximum Gasteiger partial charge on any atom is 0.122 e. The summed E-state index contributed by atoms with van der Waals surface area (Å²) in [4.78, 5) is 0. The van der Waals surface area contributed by atoms with Crippen molar-refractivity contribution in [2.75, 3.05) is 6.61 Å². The molecule has 0 fully saturated rings. The highest BCUT2D eigenvalue weighted by Gasteiger charge is 2.13. The van der Waals surface area contributed by atoms with Crippen molar-refractivity contribution in [2.45, 2.75) is 45.6 Å². The lowest BCUT2D eigenvalue weighted by Crippen LogP contribution is -2.13. The predicted molar refractivity (Wildman–Crippen MR) is 104 cm³/mol. The van der Waals surface area contributed by atoms with Crippen LogP contribution in [-0.2, 0) is 0 Å². The van der Waals surface area contributed by atoms with E-state index < -0.39 is 6.10 Å². The van der Waals surface area contributed by atoms with Crippen LogP contribution in [0.1, 0.15) is 45.1 Å². The molecule has 0 heterocycles. The topological polar surface area (TPSA) is 60.7 Å². The molecule has 0 saturated heterocycles. The Labute approximate surface area is 153 Å². The number of allylic oxidation sites excluding steroid dienone is 1. The molecule has 24 heavy (non-hydrogen) atoms. The molecule has 0 spiro atoms. The maximum atomic E-state index is 10.4. The highest BCUT2D eigenvalue weighted by Crippen LogP contribution is 2.26. The van der Waals surface area contributed by atoms with Gasteiger partial charge in [0.1, 0.15) is 5.75 Å². The first kappa shape index (κ1) is 20.7. The summed E-state index contributed by atoms with van der Waals surface area (Å²) in [7, 11) is 0. The SMILES string of the molecule is C=C(CCC)/C(=C/CO)C(O)CC/C(C)=C/c1cc(Br)ccc1O. The van der Waals surface area contributed by atoms with E-state index in [-0.39, 0.29) is 12.4 Å². The fourth-order valence-electron chi connectivity index (χ4n) is 2.56. The molecule has 4 heteroatoms. The van der Waals surface area contributed by atoms with Gasteiger partial charge >= 0.3 is 0 Å². The number of aromatic hydroxyl groups is 1. The molecule has 0 amide bonds. The summed E-state index contributed by atoms with van der Waals surface area (Å²) < 4.78 is 0.906. The number of benzene rings is 1. The second kappa shape index (κ2) is 10.5. The minimum absolute atomic E-state index is 0.101. The molecular formula is C20H27BrO3.